The molecule has 2 N–H and O–H groups in total. The average molecular weight is 261 g/mol. The SMILES string of the molecule is C[C@H]1CNC[C@@H]1C(=O)Nc1csc2cnccc12. The predicted octanol–water partition coefficient (Wildman–Crippen LogP) is 2.09. The monoisotopic (exact) mass is 261 g/mol. The maximum absolute atomic E-state index is 12.2. The number of amides is 1. The quantitative estimate of drug-likeness (QED) is 0.870. The number of hydrogen-bond acceptors (Lipinski definition) is 4. The minimum absolute atomic E-state index is 0.0711. The van der Waals surface area contributed by atoms with E-state index in [1.807, 2.05) is 17.6 Å². The highest BCUT2D eigenvalue weighted by atomic mass is 32.1. The fourth-order valence-electron chi connectivity index (χ4n) is 2.37. The summed E-state index contributed by atoms with van der Waals surface area (Å²) in [6.45, 7) is 3.81. The number of nitrogens with one attached hydrogen (secondary N) is 2. The van der Waals surface area contributed by atoms with E-state index >= 15 is 0 Å². The van der Waals surface area contributed by atoms with Crippen LogP contribution in [0.2, 0.25) is 0 Å². The molecule has 1 fully saturated rings. The number of pyridine rings is 1. The van der Waals surface area contributed by atoms with Crippen LogP contribution in [0.5, 0.6) is 0 Å². The average Bonchev–Trinajstić information content (AvgIpc) is 2.97. The van der Waals surface area contributed by atoms with Gasteiger partial charge in [0.15, 0.2) is 0 Å². The lowest BCUT2D eigenvalue weighted by Gasteiger charge is -2.13. The minimum atomic E-state index is 0.0711. The van der Waals surface area contributed by atoms with Crippen molar-refractivity contribution in [2.24, 2.45) is 11.8 Å². The Balaban J connectivity index is 1.82. The van der Waals surface area contributed by atoms with E-state index < -0.39 is 0 Å². The van der Waals surface area contributed by atoms with Crippen molar-refractivity contribution in [1.82, 2.24) is 10.3 Å². The third-order valence-electron chi connectivity index (χ3n) is 3.49. The molecule has 1 amide bonds. The summed E-state index contributed by atoms with van der Waals surface area (Å²) in [4.78, 5) is 16.3. The molecule has 0 aromatic carbocycles. The number of nitrogens with zero attached hydrogens (tertiary/aromatic N) is 1. The van der Waals surface area contributed by atoms with E-state index in [9.17, 15) is 4.79 Å². The molecule has 0 spiro atoms. The molecule has 0 unspecified atom stereocenters. The van der Waals surface area contributed by atoms with E-state index in [4.69, 9.17) is 0 Å². The topological polar surface area (TPSA) is 54.0 Å². The zero-order chi connectivity index (χ0) is 12.5. The summed E-state index contributed by atoms with van der Waals surface area (Å²) in [5.74, 6) is 0.586. The zero-order valence-electron chi connectivity index (χ0n) is 10.1. The molecule has 94 valence electrons. The second kappa shape index (κ2) is 4.66. The summed E-state index contributed by atoms with van der Waals surface area (Å²) in [6, 6.07) is 1.94. The first-order valence-corrected chi connectivity index (χ1v) is 6.96. The molecule has 1 aliphatic heterocycles. The van der Waals surface area contributed by atoms with Crippen molar-refractivity contribution in [3.8, 4) is 0 Å². The maximum atomic E-state index is 12.2. The van der Waals surface area contributed by atoms with E-state index in [0.29, 0.717) is 5.92 Å². The zero-order valence-corrected chi connectivity index (χ0v) is 11.0. The van der Waals surface area contributed by atoms with Crippen LogP contribution in [0.15, 0.2) is 23.8 Å². The van der Waals surface area contributed by atoms with Gasteiger partial charge < -0.3 is 10.6 Å². The molecular weight excluding hydrogens is 246 g/mol. The largest absolute Gasteiger partial charge is 0.325 e. The van der Waals surface area contributed by atoms with E-state index in [-0.39, 0.29) is 11.8 Å². The standard InChI is InChI=1S/C13H15N3OS/c1-8-4-15-5-10(8)13(17)16-11-7-18-12-6-14-3-2-9(11)12/h2-3,6-8,10,15H,4-5H2,1H3,(H,16,17)/t8-,10-/m0/s1. The third-order valence-corrected chi connectivity index (χ3v) is 4.42. The summed E-state index contributed by atoms with van der Waals surface area (Å²) in [5.41, 5.74) is 0.904. The van der Waals surface area contributed by atoms with Gasteiger partial charge >= 0.3 is 0 Å². The van der Waals surface area contributed by atoms with Crippen molar-refractivity contribution in [1.29, 1.82) is 0 Å². The number of hydrogen-bond donors (Lipinski definition) is 2. The lowest BCUT2D eigenvalue weighted by Crippen LogP contribution is -2.27. The molecule has 2 atom stereocenters. The Morgan fingerprint density at radius 2 is 2.44 bits per heavy atom. The van der Waals surface area contributed by atoms with E-state index in [0.717, 1.165) is 28.9 Å². The molecule has 0 aliphatic carbocycles. The van der Waals surface area contributed by atoms with Gasteiger partial charge in [0.05, 0.1) is 16.3 Å². The van der Waals surface area contributed by atoms with Crippen molar-refractivity contribution in [2.45, 2.75) is 6.92 Å². The molecule has 0 saturated carbocycles. The lowest BCUT2D eigenvalue weighted by atomic mass is 9.97. The summed E-state index contributed by atoms with van der Waals surface area (Å²) < 4.78 is 1.10. The molecule has 2 aromatic heterocycles. The number of aromatic nitrogens is 1. The van der Waals surface area contributed by atoms with Gasteiger partial charge in [0.1, 0.15) is 0 Å². The Morgan fingerprint density at radius 3 is 3.22 bits per heavy atom. The third kappa shape index (κ3) is 2.00. The summed E-state index contributed by atoms with van der Waals surface area (Å²) in [5, 5.41) is 9.35. The highest BCUT2D eigenvalue weighted by Crippen LogP contribution is 2.30. The highest BCUT2D eigenvalue weighted by Gasteiger charge is 2.29. The molecule has 4 nitrogen and oxygen atoms in total. The van der Waals surface area contributed by atoms with Gasteiger partial charge in [-0.15, -0.1) is 11.3 Å². The number of fused-ring (bicyclic) bond motifs is 1. The molecular formula is C13H15N3OS. The van der Waals surface area contributed by atoms with Gasteiger partial charge in [0, 0.05) is 29.7 Å². The van der Waals surface area contributed by atoms with E-state index in [1.54, 1.807) is 17.5 Å². The lowest BCUT2D eigenvalue weighted by molar-refractivity contribution is -0.120. The van der Waals surface area contributed by atoms with E-state index in [2.05, 4.69) is 22.5 Å². The van der Waals surface area contributed by atoms with Crippen LogP contribution in [0.4, 0.5) is 5.69 Å². The molecule has 2 aromatic rings. The Hall–Kier alpha value is -1.46. The molecule has 3 heterocycles. The van der Waals surface area contributed by atoms with Crippen LogP contribution in [0.3, 0.4) is 0 Å². The van der Waals surface area contributed by atoms with Crippen LogP contribution >= 0.6 is 11.3 Å². The Labute approximate surface area is 109 Å². The van der Waals surface area contributed by atoms with Gasteiger partial charge in [-0.3, -0.25) is 9.78 Å². The second-order valence-corrected chi connectivity index (χ2v) is 5.66. The van der Waals surface area contributed by atoms with Crippen molar-refractivity contribution in [3.63, 3.8) is 0 Å². The maximum Gasteiger partial charge on any atom is 0.229 e. The van der Waals surface area contributed by atoms with Crippen molar-refractivity contribution >= 4 is 33.0 Å². The summed E-state index contributed by atoms with van der Waals surface area (Å²) >= 11 is 1.61. The van der Waals surface area contributed by atoms with Gasteiger partial charge in [-0.25, -0.2) is 0 Å². The molecule has 0 radical (unpaired) electrons. The Bertz CT molecular complexity index is 580. The van der Waals surface area contributed by atoms with Crippen LogP contribution in [-0.2, 0) is 4.79 Å². The van der Waals surface area contributed by atoms with Crippen LogP contribution in [-0.4, -0.2) is 24.0 Å². The predicted molar refractivity (Wildman–Crippen MR) is 73.8 cm³/mol. The first-order valence-electron chi connectivity index (χ1n) is 6.08. The summed E-state index contributed by atoms with van der Waals surface area (Å²) in [7, 11) is 0. The highest BCUT2D eigenvalue weighted by molar-refractivity contribution is 7.17. The van der Waals surface area contributed by atoms with Gasteiger partial charge in [0.25, 0.3) is 0 Å². The van der Waals surface area contributed by atoms with Crippen LogP contribution in [0.1, 0.15) is 6.92 Å². The van der Waals surface area contributed by atoms with Crippen molar-refractivity contribution in [2.75, 3.05) is 18.4 Å². The number of carbonyl (C=O) groups excluding carboxylic acids is 1. The number of carbonyl (C=O) groups is 1. The fraction of sp³-hybridized carbons (Fsp3) is 0.385. The second-order valence-electron chi connectivity index (χ2n) is 4.75. The molecule has 5 heteroatoms. The summed E-state index contributed by atoms with van der Waals surface area (Å²) in [6.07, 6.45) is 3.58. The van der Waals surface area contributed by atoms with Crippen LogP contribution in [0.25, 0.3) is 10.1 Å². The van der Waals surface area contributed by atoms with E-state index in [1.165, 1.54) is 0 Å². The Morgan fingerprint density at radius 1 is 1.56 bits per heavy atom. The normalized spacial score (nSPS) is 23.4. The van der Waals surface area contributed by atoms with Crippen LogP contribution in [0, 0.1) is 11.8 Å². The fourth-order valence-corrected chi connectivity index (χ4v) is 3.22. The number of thiophene rings is 1. The molecule has 1 saturated heterocycles. The minimum Gasteiger partial charge on any atom is -0.325 e. The Kier molecular flexibility index (Phi) is 3.01. The van der Waals surface area contributed by atoms with Crippen molar-refractivity contribution < 1.29 is 4.79 Å². The van der Waals surface area contributed by atoms with Gasteiger partial charge in [0.2, 0.25) is 5.91 Å². The van der Waals surface area contributed by atoms with Gasteiger partial charge in [-0.1, -0.05) is 6.92 Å². The van der Waals surface area contributed by atoms with Gasteiger partial charge in [-0.2, -0.15) is 0 Å². The first kappa shape index (κ1) is 11.6. The number of anilines is 1. The van der Waals surface area contributed by atoms with Gasteiger partial charge in [-0.05, 0) is 18.5 Å². The smallest absolute Gasteiger partial charge is 0.229 e. The molecule has 1 aliphatic rings. The van der Waals surface area contributed by atoms with Crippen LogP contribution < -0.4 is 10.6 Å². The molecule has 0 bridgehead atoms. The molecule has 18 heavy (non-hydrogen) atoms. The first-order chi connectivity index (χ1) is 8.75. The number of rotatable bonds is 2. The molecule has 3 rings (SSSR count). The van der Waals surface area contributed by atoms with Crippen molar-refractivity contribution in [3.05, 3.63) is 23.8 Å².